The van der Waals surface area contributed by atoms with Gasteiger partial charge >= 0.3 is 0 Å². The molecule has 6 heteroatoms. The van der Waals surface area contributed by atoms with E-state index in [0.29, 0.717) is 22.6 Å². The van der Waals surface area contributed by atoms with Crippen LogP contribution in [-0.2, 0) is 4.79 Å². The number of nitrogens with zero attached hydrogens (tertiary/aromatic N) is 1. The molecule has 0 fully saturated rings. The van der Waals surface area contributed by atoms with Gasteiger partial charge in [-0.1, -0.05) is 0 Å². The van der Waals surface area contributed by atoms with E-state index in [2.05, 4.69) is 5.32 Å². The number of fused-ring (bicyclic) bond motifs is 1. The predicted molar refractivity (Wildman–Crippen MR) is 110 cm³/mol. The van der Waals surface area contributed by atoms with Crippen molar-refractivity contribution < 1.29 is 14.3 Å². The van der Waals surface area contributed by atoms with Crippen LogP contribution in [0.5, 0.6) is 11.5 Å². The first-order valence-electron chi connectivity index (χ1n) is 9.15. The van der Waals surface area contributed by atoms with Crippen molar-refractivity contribution in [3.05, 3.63) is 65.1 Å². The van der Waals surface area contributed by atoms with E-state index in [0.717, 1.165) is 5.39 Å². The van der Waals surface area contributed by atoms with Gasteiger partial charge < -0.3 is 19.4 Å². The summed E-state index contributed by atoms with van der Waals surface area (Å²) in [6.07, 6.45) is 1.70. The van der Waals surface area contributed by atoms with Gasteiger partial charge in [-0.25, -0.2) is 0 Å². The minimum Gasteiger partial charge on any atom is -0.497 e. The van der Waals surface area contributed by atoms with Crippen molar-refractivity contribution in [1.29, 1.82) is 0 Å². The lowest BCUT2D eigenvalue weighted by molar-refractivity contribution is -0.118. The van der Waals surface area contributed by atoms with E-state index in [9.17, 15) is 9.59 Å². The molecule has 3 aromatic rings. The molecule has 2 aromatic carbocycles. The number of benzene rings is 2. The first kappa shape index (κ1) is 19.5. The highest BCUT2D eigenvalue weighted by molar-refractivity contribution is 5.94. The molecular weight excluding hydrogens is 356 g/mol. The van der Waals surface area contributed by atoms with Gasteiger partial charge in [-0.3, -0.25) is 9.59 Å². The van der Waals surface area contributed by atoms with E-state index in [1.165, 1.54) is 4.57 Å². The summed E-state index contributed by atoms with van der Waals surface area (Å²) in [4.78, 5) is 25.5. The number of hydrogen-bond donors (Lipinski definition) is 1. The zero-order valence-corrected chi connectivity index (χ0v) is 16.4. The molecule has 1 unspecified atom stereocenters. The molecule has 28 heavy (non-hydrogen) atoms. The van der Waals surface area contributed by atoms with E-state index >= 15 is 0 Å². The maximum absolute atomic E-state index is 12.9. The number of rotatable bonds is 6. The summed E-state index contributed by atoms with van der Waals surface area (Å²) in [7, 11) is 1.58. The SMILES string of the molecule is COc1ccc(NC(=O)C(C)n2ccc3cc(OC(C)C)ccc3c2=O)cc1. The number of carbonyl (C=O) groups excluding carboxylic acids is 1. The third kappa shape index (κ3) is 4.17. The number of pyridine rings is 1. The normalized spacial score (nSPS) is 12.0. The fourth-order valence-corrected chi connectivity index (χ4v) is 2.94. The van der Waals surface area contributed by atoms with Crippen molar-refractivity contribution in [3.63, 3.8) is 0 Å². The lowest BCUT2D eigenvalue weighted by atomic mass is 10.1. The summed E-state index contributed by atoms with van der Waals surface area (Å²) in [6.45, 7) is 5.60. The monoisotopic (exact) mass is 380 g/mol. The number of anilines is 1. The second-order valence-electron chi connectivity index (χ2n) is 6.84. The average Bonchev–Trinajstić information content (AvgIpc) is 2.68. The highest BCUT2D eigenvalue weighted by Crippen LogP contribution is 2.21. The first-order valence-corrected chi connectivity index (χ1v) is 9.15. The van der Waals surface area contributed by atoms with E-state index in [1.54, 1.807) is 56.6 Å². The molecule has 0 bridgehead atoms. The van der Waals surface area contributed by atoms with Crippen LogP contribution in [0.1, 0.15) is 26.8 Å². The largest absolute Gasteiger partial charge is 0.497 e. The van der Waals surface area contributed by atoms with Crippen LogP contribution in [0.3, 0.4) is 0 Å². The third-order valence-electron chi connectivity index (χ3n) is 4.43. The van der Waals surface area contributed by atoms with Gasteiger partial charge in [0.05, 0.1) is 13.2 Å². The maximum Gasteiger partial charge on any atom is 0.259 e. The van der Waals surface area contributed by atoms with Gasteiger partial charge in [0, 0.05) is 17.3 Å². The Balaban J connectivity index is 1.84. The number of carbonyl (C=O) groups is 1. The molecule has 3 rings (SSSR count). The van der Waals surface area contributed by atoms with Gasteiger partial charge in [0.2, 0.25) is 5.91 Å². The van der Waals surface area contributed by atoms with E-state index in [-0.39, 0.29) is 17.6 Å². The second kappa shape index (κ2) is 8.17. The smallest absolute Gasteiger partial charge is 0.259 e. The number of aromatic nitrogens is 1. The van der Waals surface area contributed by atoms with Crippen molar-refractivity contribution in [2.75, 3.05) is 12.4 Å². The lowest BCUT2D eigenvalue weighted by Gasteiger charge is -2.16. The molecule has 1 amide bonds. The summed E-state index contributed by atoms with van der Waals surface area (Å²) >= 11 is 0. The Kier molecular flexibility index (Phi) is 5.68. The molecule has 0 aliphatic rings. The quantitative estimate of drug-likeness (QED) is 0.702. The summed E-state index contributed by atoms with van der Waals surface area (Å²) in [5, 5.41) is 4.15. The van der Waals surface area contributed by atoms with Crippen LogP contribution in [0.2, 0.25) is 0 Å². The minimum absolute atomic E-state index is 0.0551. The van der Waals surface area contributed by atoms with Gasteiger partial charge in [-0.05, 0) is 74.7 Å². The Hall–Kier alpha value is -3.28. The molecule has 0 spiro atoms. The number of nitrogens with one attached hydrogen (secondary N) is 1. The Morgan fingerprint density at radius 1 is 1.00 bits per heavy atom. The summed E-state index contributed by atoms with van der Waals surface area (Å²) in [6, 6.07) is 13.5. The highest BCUT2D eigenvalue weighted by atomic mass is 16.5. The maximum atomic E-state index is 12.9. The minimum atomic E-state index is -0.661. The lowest BCUT2D eigenvalue weighted by Crippen LogP contribution is -2.31. The topological polar surface area (TPSA) is 69.6 Å². The first-order chi connectivity index (χ1) is 13.4. The highest BCUT2D eigenvalue weighted by Gasteiger charge is 2.17. The molecule has 0 saturated heterocycles. The molecule has 1 heterocycles. The van der Waals surface area contributed by atoms with Gasteiger partial charge in [0.1, 0.15) is 17.5 Å². The van der Waals surface area contributed by atoms with Gasteiger partial charge in [-0.15, -0.1) is 0 Å². The van der Waals surface area contributed by atoms with E-state index < -0.39 is 6.04 Å². The predicted octanol–water partition coefficient (Wildman–Crippen LogP) is 4.00. The van der Waals surface area contributed by atoms with Gasteiger partial charge in [0.25, 0.3) is 5.56 Å². The van der Waals surface area contributed by atoms with Crippen molar-refractivity contribution in [3.8, 4) is 11.5 Å². The summed E-state index contributed by atoms with van der Waals surface area (Å²) in [5.41, 5.74) is 0.424. The number of ether oxygens (including phenoxy) is 2. The molecule has 146 valence electrons. The average molecular weight is 380 g/mol. The molecule has 1 atom stereocenters. The van der Waals surface area contributed by atoms with Crippen LogP contribution in [0.4, 0.5) is 5.69 Å². The summed E-state index contributed by atoms with van der Waals surface area (Å²) < 4.78 is 12.2. The van der Waals surface area contributed by atoms with Crippen LogP contribution in [-0.4, -0.2) is 23.7 Å². The van der Waals surface area contributed by atoms with Crippen LogP contribution >= 0.6 is 0 Å². The molecule has 1 aromatic heterocycles. The zero-order chi connectivity index (χ0) is 20.3. The Morgan fingerprint density at radius 2 is 1.68 bits per heavy atom. The van der Waals surface area contributed by atoms with E-state index in [4.69, 9.17) is 9.47 Å². The fourth-order valence-electron chi connectivity index (χ4n) is 2.94. The molecule has 0 saturated carbocycles. The standard InChI is InChI=1S/C22H24N2O4/c1-14(2)28-19-9-10-20-16(13-19)11-12-24(22(20)26)15(3)21(25)23-17-5-7-18(27-4)8-6-17/h5-15H,1-4H3,(H,23,25). The number of amides is 1. The molecular formula is C22H24N2O4. The van der Waals surface area contributed by atoms with Crippen molar-refractivity contribution in [2.45, 2.75) is 32.9 Å². The Morgan fingerprint density at radius 3 is 2.32 bits per heavy atom. The summed E-state index contributed by atoms with van der Waals surface area (Å²) in [5.74, 6) is 1.15. The molecule has 1 N–H and O–H groups in total. The zero-order valence-electron chi connectivity index (χ0n) is 16.4. The van der Waals surface area contributed by atoms with Crippen LogP contribution in [0.25, 0.3) is 10.8 Å². The number of methoxy groups -OCH3 is 1. The van der Waals surface area contributed by atoms with Crippen molar-refractivity contribution >= 4 is 22.4 Å². The van der Waals surface area contributed by atoms with Gasteiger partial charge in [0.15, 0.2) is 0 Å². The van der Waals surface area contributed by atoms with Crippen molar-refractivity contribution in [2.24, 2.45) is 0 Å². The fraction of sp³-hybridized carbons (Fsp3) is 0.273. The van der Waals surface area contributed by atoms with Crippen LogP contribution in [0.15, 0.2) is 59.5 Å². The number of hydrogen-bond acceptors (Lipinski definition) is 4. The Labute approximate surface area is 163 Å². The van der Waals surface area contributed by atoms with Crippen molar-refractivity contribution in [1.82, 2.24) is 4.57 Å². The van der Waals surface area contributed by atoms with Gasteiger partial charge in [-0.2, -0.15) is 0 Å². The van der Waals surface area contributed by atoms with Crippen LogP contribution < -0.4 is 20.3 Å². The van der Waals surface area contributed by atoms with E-state index in [1.807, 2.05) is 26.0 Å². The molecule has 6 nitrogen and oxygen atoms in total. The molecule has 0 aliphatic heterocycles. The second-order valence-corrected chi connectivity index (χ2v) is 6.84. The molecule has 0 aliphatic carbocycles. The molecule has 0 radical (unpaired) electrons. The Bertz CT molecular complexity index is 1040. The third-order valence-corrected chi connectivity index (χ3v) is 4.43. The van der Waals surface area contributed by atoms with Crippen LogP contribution in [0, 0.1) is 0 Å².